The minimum atomic E-state index is -0.258. The molecule has 0 spiro atoms. The molecule has 1 rings (SSSR count). The van der Waals surface area contributed by atoms with Crippen LogP contribution in [0.2, 0.25) is 0 Å². The first kappa shape index (κ1) is 10.3. The zero-order valence-electron chi connectivity index (χ0n) is 8.57. The van der Waals surface area contributed by atoms with Crippen LogP contribution >= 0.6 is 0 Å². The number of aliphatic hydroxyl groups excluding tert-OH is 1. The monoisotopic (exact) mass is 182 g/mol. The maximum absolute atomic E-state index is 9.49. The molecular formula is C10H18N2O. The fraction of sp³-hybridized carbons (Fsp3) is 0.700. The summed E-state index contributed by atoms with van der Waals surface area (Å²) in [6.45, 7) is 6.86. The van der Waals surface area contributed by atoms with Crippen LogP contribution in [0.1, 0.15) is 38.9 Å². The Bertz CT molecular complexity index is 255. The summed E-state index contributed by atoms with van der Waals surface area (Å²) in [4.78, 5) is 4.25. The molecule has 13 heavy (non-hydrogen) atoms. The van der Waals surface area contributed by atoms with Crippen LogP contribution in [-0.2, 0) is 6.54 Å². The molecule has 1 heterocycles. The van der Waals surface area contributed by atoms with Gasteiger partial charge in [-0.3, -0.25) is 0 Å². The van der Waals surface area contributed by atoms with Gasteiger partial charge in [0, 0.05) is 24.9 Å². The summed E-state index contributed by atoms with van der Waals surface area (Å²) in [5.74, 6) is 1.46. The fourth-order valence-electron chi connectivity index (χ4n) is 1.33. The molecule has 3 heteroatoms. The number of nitrogens with zero attached hydrogens (tertiary/aromatic N) is 2. The van der Waals surface area contributed by atoms with Crippen LogP contribution in [0.4, 0.5) is 0 Å². The fourth-order valence-corrected chi connectivity index (χ4v) is 1.33. The zero-order chi connectivity index (χ0) is 9.84. The summed E-state index contributed by atoms with van der Waals surface area (Å²) >= 11 is 0. The third-order valence-electron chi connectivity index (χ3n) is 2.14. The van der Waals surface area contributed by atoms with E-state index in [2.05, 4.69) is 18.8 Å². The first-order valence-corrected chi connectivity index (χ1v) is 4.84. The van der Waals surface area contributed by atoms with E-state index in [0.717, 1.165) is 12.2 Å². The summed E-state index contributed by atoms with van der Waals surface area (Å²) in [5.41, 5.74) is 0. The summed E-state index contributed by atoms with van der Waals surface area (Å²) in [5, 5.41) is 9.49. The van der Waals surface area contributed by atoms with Gasteiger partial charge in [-0.15, -0.1) is 0 Å². The van der Waals surface area contributed by atoms with Crippen molar-refractivity contribution in [2.24, 2.45) is 0 Å². The average molecular weight is 182 g/mol. The van der Waals surface area contributed by atoms with Crippen LogP contribution < -0.4 is 0 Å². The maximum atomic E-state index is 9.49. The molecule has 0 saturated carbocycles. The molecule has 3 nitrogen and oxygen atoms in total. The second-order valence-electron chi connectivity index (χ2n) is 3.65. The lowest BCUT2D eigenvalue weighted by atomic mass is 10.2. The van der Waals surface area contributed by atoms with E-state index in [1.165, 1.54) is 0 Å². The van der Waals surface area contributed by atoms with Crippen LogP contribution in [0.3, 0.4) is 0 Å². The topological polar surface area (TPSA) is 38.0 Å². The molecule has 1 aromatic rings. The lowest BCUT2D eigenvalue weighted by molar-refractivity contribution is 0.148. The molecule has 1 aromatic heterocycles. The Morgan fingerprint density at radius 2 is 2.23 bits per heavy atom. The van der Waals surface area contributed by atoms with Crippen molar-refractivity contribution in [3.8, 4) is 0 Å². The number of rotatable bonds is 4. The third kappa shape index (κ3) is 2.56. The second-order valence-corrected chi connectivity index (χ2v) is 3.65. The lowest BCUT2D eigenvalue weighted by Gasteiger charge is -2.13. The van der Waals surface area contributed by atoms with Gasteiger partial charge in [0.25, 0.3) is 0 Å². The Labute approximate surface area is 79.4 Å². The van der Waals surface area contributed by atoms with E-state index in [1.807, 2.05) is 17.7 Å². The van der Waals surface area contributed by atoms with Crippen LogP contribution in [0, 0.1) is 0 Å². The van der Waals surface area contributed by atoms with E-state index < -0.39 is 0 Å². The minimum absolute atomic E-state index is 0.258. The van der Waals surface area contributed by atoms with E-state index >= 15 is 0 Å². The molecular weight excluding hydrogens is 164 g/mol. The van der Waals surface area contributed by atoms with Gasteiger partial charge in [-0.05, 0) is 6.42 Å². The molecule has 0 aliphatic heterocycles. The van der Waals surface area contributed by atoms with Crippen LogP contribution in [0.25, 0.3) is 0 Å². The average Bonchev–Trinajstić information content (AvgIpc) is 2.52. The summed E-state index contributed by atoms with van der Waals surface area (Å²) < 4.78 is 2.03. The molecule has 0 saturated heterocycles. The summed E-state index contributed by atoms with van der Waals surface area (Å²) in [6, 6.07) is 0. The maximum Gasteiger partial charge on any atom is 0.111 e. The summed E-state index contributed by atoms with van der Waals surface area (Å²) in [6.07, 6.45) is 4.24. The van der Waals surface area contributed by atoms with Crippen molar-refractivity contribution in [3.05, 3.63) is 18.2 Å². The van der Waals surface area contributed by atoms with Gasteiger partial charge in [0.1, 0.15) is 5.82 Å². The molecule has 1 N–H and O–H groups in total. The van der Waals surface area contributed by atoms with Crippen LogP contribution in [-0.4, -0.2) is 20.8 Å². The first-order chi connectivity index (χ1) is 6.15. The highest BCUT2D eigenvalue weighted by molar-refractivity contribution is 4.97. The van der Waals surface area contributed by atoms with Gasteiger partial charge in [0.05, 0.1) is 6.10 Å². The lowest BCUT2D eigenvalue weighted by Crippen LogP contribution is -2.16. The van der Waals surface area contributed by atoms with Gasteiger partial charge in [-0.2, -0.15) is 0 Å². The zero-order valence-corrected chi connectivity index (χ0v) is 8.57. The van der Waals surface area contributed by atoms with E-state index in [-0.39, 0.29) is 6.10 Å². The molecule has 0 radical (unpaired) electrons. The number of hydrogen-bond acceptors (Lipinski definition) is 2. The molecule has 0 fully saturated rings. The third-order valence-corrected chi connectivity index (χ3v) is 2.14. The summed E-state index contributed by atoms with van der Waals surface area (Å²) in [7, 11) is 0. The van der Waals surface area contributed by atoms with Crippen molar-refractivity contribution >= 4 is 0 Å². The number of hydrogen-bond donors (Lipinski definition) is 1. The molecule has 0 amide bonds. The smallest absolute Gasteiger partial charge is 0.111 e. The van der Waals surface area contributed by atoms with Crippen molar-refractivity contribution in [1.82, 2.24) is 9.55 Å². The van der Waals surface area contributed by atoms with E-state index in [1.54, 1.807) is 6.20 Å². The Morgan fingerprint density at radius 3 is 2.77 bits per heavy atom. The van der Waals surface area contributed by atoms with Gasteiger partial charge in [0.2, 0.25) is 0 Å². The Kier molecular flexibility index (Phi) is 3.48. The Hall–Kier alpha value is -0.830. The van der Waals surface area contributed by atoms with Crippen LogP contribution in [0.5, 0.6) is 0 Å². The largest absolute Gasteiger partial charge is 0.391 e. The SMILES string of the molecule is CCC(O)Cn1ccnc1C(C)C. The van der Waals surface area contributed by atoms with Crippen molar-refractivity contribution in [2.75, 3.05) is 0 Å². The van der Waals surface area contributed by atoms with Crippen molar-refractivity contribution in [3.63, 3.8) is 0 Å². The van der Waals surface area contributed by atoms with Gasteiger partial charge in [-0.25, -0.2) is 4.98 Å². The van der Waals surface area contributed by atoms with Gasteiger partial charge in [0.15, 0.2) is 0 Å². The highest BCUT2D eigenvalue weighted by Crippen LogP contribution is 2.12. The van der Waals surface area contributed by atoms with E-state index in [0.29, 0.717) is 12.5 Å². The minimum Gasteiger partial charge on any atom is -0.391 e. The second kappa shape index (κ2) is 4.42. The van der Waals surface area contributed by atoms with Crippen molar-refractivity contribution in [1.29, 1.82) is 0 Å². The predicted octanol–water partition coefficient (Wildman–Crippen LogP) is 1.78. The van der Waals surface area contributed by atoms with E-state index in [4.69, 9.17) is 0 Å². The highest BCUT2D eigenvalue weighted by Gasteiger charge is 2.09. The molecule has 1 unspecified atom stereocenters. The van der Waals surface area contributed by atoms with Crippen LogP contribution in [0.15, 0.2) is 12.4 Å². The quantitative estimate of drug-likeness (QED) is 0.770. The van der Waals surface area contributed by atoms with E-state index in [9.17, 15) is 5.11 Å². The normalized spacial score (nSPS) is 13.6. The van der Waals surface area contributed by atoms with Gasteiger partial charge in [-0.1, -0.05) is 20.8 Å². The molecule has 1 atom stereocenters. The van der Waals surface area contributed by atoms with Crippen molar-refractivity contribution < 1.29 is 5.11 Å². The molecule has 74 valence electrons. The highest BCUT2D eigenvalue weighted by atomic mass is 16.3. The number of imidazole rings is 1. The molecule has 0 aliphatic carbocycles. The molecule has 0 aromatic carbocycles. The van der Waals surface area contributed by atoms with Gasteiger partial charge >= 0.3 is 0 Å². The standard InChI is InChI=1S/C10H18N2O/c1-4-9(13)7-12-6-5-11-10(12)8(2)3/h5-6,8-9,13H,4,7H2,1-3H3. The predicted molar refractivity (Wildman–Crippen MR) is 52.6 cm³/mol. The number of aromatic nitrogens is 2. The number of aliphatic hydroxyl groups is 1. The van der Waals surface area contributed by atoms with Gasteiger partial charge < -0.3 is 9.67 Å². The molecule has 0 aliphatic rings. The Balaban J connectivity index is 2.70. The first-order valence-electron chi connectivity index (χ1n) is 4.84. The Morgan fingerprint density at radius 1 is 1.54 bits per heavy atom. The molecule has 0 bridgehead atoms. The van der Waals surface area contributed by atoms with Crippen molar-refractivity contribution in [2.45, 2.75) is 45.8 Å².